The molecule has 0 saturated carbocycles. The van der Waals surface area contributed by atoms with Crippen LogP contribution in [0.1, 0.15) is 52.7 Å². The number of rotatable bonds is 7. The van der Waals surface area contributed by atoms with Crippen molar-refractivity contribution in [3.05, 3.63) is 211 Å². The second kappa shape index (κ2) is 15.2. The van der Waals surface area contributed by atoms with Gasteiger partial charge in [0.2, 0.25) is 0 Å². The molecule has 9 aromatic rings. The highest BCUT2D eigenvalue weighted by molar-refractivity contribution is 6.09. The molecule has 0 heterocycles. The van der Waals surface area contributed by atoms with Gasteiger partial charge in [0.05, 0.1) is 5.69 Å². The van der Waals surface area contributed by atoms with E-state index in [1.807, 2.05) is 0 Å². The molecule has 0 aliphatic carbocycles. The molecule has 9 aromatic carbocycles. The average Bonchev–Trinajstić information content (AvgIpc) is 3.26. The number of benzene rings is 9. The highest BCUT2D eigenvalue weighted by atomic mass is 15.1. The molecule has 0 aliphatic rings. The number of nitrogens with zero attached hydrogens (tertiary/aromatic N) is 1. The minimum absolute atomic E-state index is 0.0103. The second-order valence-corrected chi connectivity index (χ2v) is 17.9. The summed E-state index contributed by atoms with van der Waals surface area (Å²) in [6.07, 6.45) is 0. The molecule has 9 rings (SSSR count). The first kappa shape index (κ1) is 37.9. The number of hydrogen-bond donors (Lipinski definition) is 0. The van der Waals surface area contributed by atoms with Gasteiger partial charge in [-0.1, -0.05) is 205 Å². The molecule has 0 spiro atoms. The van der Waals surface area contributed by atoms with Gasteiger partial charge in [-0.15, -0.1) is 0 Å². The summed E-state index contributed by atoms with van der Waals surface area (Å²) in [6, 6.07) is 73.7. The van der Waals surface area contributed by atoms with Crippen molar-refractivity contribution in [2.75, 3.05) is 4.90 Å². The maximum atomic E-state index is 2.42. The van der Waals surface area contributed by atoms with E-state index in [1.54, 1.807) is 0 Å². The van der Waals surface area contributed by atoms with Crippen molar-refractivity contribution in [3.63, 3.8) is 0 Å². The Balaban J connectivity index is 1.22. The van der Waals surface area contributed by atoms with E-state index < -0.39 is 0 Å². The van der Waals surface area contributed by atoms with Crippen LogP contribution in [0.25, 0.3) is 66.1 Å². The lowest BCUT2D eigenvalue weighted by Gasteiger charge is -2.29. The molecule has 1 nitrogen and oxygen atoms in total. The molecule has 0 atom stereocenters. The van der Waals surface area contributed by atoms with Crippen molar-refractivity contribution in [2.45, 2.75) is 52.4 Å². The molecule has 0 aliphatic heterocycles. The monoisotopic (exact) mass is 761 g/mol. The van der Waals surface area contributed by atoms with Gasteiger partial charge in [-0.05, 0) is 119 Å². The summed E-state index contributed by atoms with van der Waals surface area (Å²) in [6.45, 7) is 13.9. The van der Waals surface area contributed by atoms with Crippen molar-refractivity contribution < 1.29 is 0 Å². The molecule has 0 saturated heterocycles. The minimum Gasteiger partial charge on any atom is -0.310 e. The van der Waals surface area contributed by atoms with Gasteiger partial charge in [0.15, 0.2) is 0 Å². The Morgan fingerprint density at radius 3 is 1.41 bits per heavy atom. The van der Waals surface area contributed by atoms with Gasteiger partial charge in [0, 0.05) is 16.9 Å². The van der Waals surface area contributed by atoms with Crippen LogP contribution in [-0.2, 0) is 10.8 Å². The summed E-state index contributed by atoms with van der Waals surface area (Å²) in [7, 11) is 0. The molecule has 0 fully saturated rings. The van der Waals surface area contributed by atoms with Crippen LogP contribution >= 0.6 is 0 Å². The largest absolute Gasteiger partial charge is 0.310 e. The van der Waals surface area contributed by atoms with Crippen molar-refractivity contribution in [1.29, 1.82) is 0 Å². The number of hydrogen-bond acceptors (Lipinski definition) is 1. The molecular formula is C58H51N. The van der Waals surface area contributed by atoms with Crippen LogP contribution in [0.15, 0.2) is 200 Å². The Morgan fingerprint density at radius 2 is 0.780 bits per heavy atom. The van der Waals surface area contributed by atoms with Crippen molar-refractivity contribution in [3.8, 4) is 44.5 Å². The van der Waals surface area contributed by atoms with E-state index >= 15 is 0 Å². The van der Waals surface area contributed by atoms with Crippen LogP contribution in [0.2, 0.25) is 0 Å². The predicted molar refractivity (Wildman–Crippen MR) is 255 cm³/mol. The summed E-state index contributed by atoms with van der Waals surface area (Å²) in [5, 5.41) is 4.99. The van der Waals surface area contributed by atoms with E-state index in [4.69, 9.17) is 0 Å². The van der Waals surface area contributed by atoms with Crippen LogP contribution in [0.5, 0.6) is 0 Å². The topological polar surface area (TPSA) is 3.24 Å². The molecule has 0 aromatic heterocycles. The van der Waals surface area contributed by atoms with E-state index in [-0.39, 0.29) is 10.8 Å². The first-order chi connectivity index (χ1) is 28.5. The van der Waals surface area contributed by atoms with Gasteiger partial charge in [-0.2, -0.15) is 0 Å². The van der Waals surface area contributed by atoms with Crippen molar-refractivity contribution in [1.82, 2.24) is 0 Å². The molecule has 0 unspecified atom stereocenters. The zero-order valence-electron chi connectivity index (χ0n) is 35.0. The summed E-state index contributed by atoms with van der Waals surface area (Å²) < 4.78 is 0. The first-order valence-electron chi connectivity index (χ1n) is 20.8. The summed E-state index contributed by atoms with van der Waals surface area (Å²) in [5.74, 6) is 0. The maximum Gasteiger partial charge on any atom is 0.0540 e. The lowest BCUT2D eigenvalue weighted by molar-refractivity contribution is 0.569. The number of para-hydroxylation sites is 1. The number of anilines is 3. The molecule has 0 N–H and O–H groups in total. The Labute approximate surface area is 350 Å². The molecule has 0 radical (unpaired) electrons. The zero-order chi connectivity index (χ0) is 40.7. The summed E-state index contributed by atoms with van der Waals surface area (Å²) in [5.41, 5.74) is 15.8. The fraction of sp³-hybridized carbons (Fsp3) is 0.138. The Morgan fingerprint density at radius 1 is 0.305 bits per heavy atom. The van der Waals surface area contributed by atoms with E-state index in [2.05, 4.69) is 247 Å². The van der Waals surface area contributed by atoms with Crippen molar-refractivity contribution >= 4 is 38.6 Å². The van der Waals surface area contributed by atoms with Gasteiger partial charge < -0.3 is 4.90 Å². The molecular weight excluding hydrogens is 711 g/mol. The van der Waals surface area contributed by atoms with Gasteiger partial charge in [-0.3, -0.25) is 0 Å². The lowest BCUT2D eigenvalue weighted by atomic mass is 9.78. The van der Waals surface area contributed by atoms with E-state index in [1.165, 1.54) is 77.2 Å². The zero-order valence-corrected chi connectivity index (χ0v) is 35.0. The molecule has 288 valence electrons. The SMILES string of the molecule is CC(C)(C)c1cc(-c2cccc3cccc(-c4ccccc4N(c4ccc(-c5ccccc5)cc4)c4ccc(-c5ccc6ccccc6c5)cc4)c23)cc(C(C)(C)C)c1. The fourth-order valence-corrected chi connectivity index (χ4v) is 8.38. The lowest BCUT2D eigenvalue weighted by Crippen LogP contribution is -2.16. The van der Waals surface area contributed by atoms with Gasteiger partial charge in [0.1, 0.15) is 0 Å². The Bertz CT molecular complexity index is 2880. The average molecular weight is 762 g/mol. The van der Waals surface area contributed by atoms with E-state index in [9.17, 15) is 0 Å². The van der Waals surface area contributed by atoms with Crippen LogP contribution < -0.4 is 4.90 Å². The van der Waals surface area contributed by atoms with Crippen molar-refractivity contribution in [2.24, 2.45) is 0 Å². The standard InChI is InChI=1S/C58H51N/c1-57(2,3)48-37-47(38-49(39-48)58(4,5)6)52-23-14-20-44-21-15-24-54(56(44)52)53-22-12-13-25-55(53)59(50-32-28-42(29-33-50)40-16-8-7-9-17-40)51-34-30-43(31-35-51)46-27-26-41-18-10-11-19-45(41)36-46/h7-39H,1-6H3. The third-order valence-electron chi connectivity index (χ3n) is 11.8. The van der Waals surface area contributed by atoms with Gasteiger partial charge >= 0.3 is 0 Å². The second-order valence-electron chi connectivity index (χ2n) is 17.9. The van der Waals surface area contributed by atoms with Crippen LogP contribution in [0.4, 0.5) is 17.1 Å². The number of fused-ring (bicyclic) bond motifs is 2. The summed E-state index contributed by atoms with van der Waals surface area (Å²) in [4.78, 5) is 2.42. The van der Waals surface area contributed by atoms with Crippen LogP contribution in [0.3, 0.4) is 0 Å². The predicted octanol–water partition coefficient (Wildman–Crippen LogP) is 16.7. The van der Waals surface area contributed by atoms with E-state index in [0.717, 1.165) is 17.1 Å². The summed E-state index contributed by atoms with van der Waals surface area (Å²) >= 11 is 0. The van der Waals surface area contributed by atoms with Crippen LogP contribution in [0, 0.1) is 0 Å². The quantitative estimate of drug-likeness (QED) is 0.156. The van der Waals surface area contributed by atoms with Gasteiger partial charge in [0.25, 0.3) is 0 Å². The molecule has 59 heavy (non-hydrogen) atoms. The third-order valence-corrected chi connectivity index (χ3v) is 11.8. The highest BCUT2D eigenvalue weighted by Gasteiger charge is 2.23. The van der Waals surface area contributed by atoms with Gasteiger partial charge in [-0.25, -0.2) is 0 Å². The fourth-order valence-electron chi connectivity index (χ4n) is 8.38. The highest BCUT2D eigenvalue weighted by Crippen LogP contribution is 2.46. The molecule has 1 heteroatoms. The molecule has 0 amide bonds. The Kier molecular flexibility index (Phi) is 9.77. The Hall–Kier alpha value is -6.70. The third kappa shape index (κ3) is 7.57. The van der Waals surface area contributed by atoms with E-state index in [0.29, 0.717) is 0 Å². The smallest absolute Gasteiger partial charge is 0.0540 e. The normalized spacial score (nSPS) is 11.9. The first-order valence-corrected chi connectivity index (χ1v) is 20.8. The van der Waals surface area contributed by atoms with Crippen LogP contribution in [-0.4, -0.2) is 0 Å². The molecule has 0 bridgehead atoms. The maximum absolute atomic E-state index is 2.42. The minimum atomic E-state index is 0.0103.